The van der Waals surface area contributed by atoms with Crippen LogP contribution in [0.5, 0.6) is 0 Å². The van der Waals surface area contributed by atoms with Gasteiger partial charge in [0.15, 0.2) is 6.10 Å². The number of rotatable bonds is 47. The zero-order valence-electron chi connectivity index (χ0n) is 42.7. The third-order valence-electron chi connectivity index (χ3n) is 11.0. The summed E-state index contributed by atoms with van der Waals surface area (Å²) < 4.78 is 16.8. The predicted molar refractivity (Wildman–Crippen MR) is 283 cm³/mol. The van der Waals surface area contributed by atoms with E-state index in [0.717, 1.165) is 109 Å². The third-order valence-corrected chi connectivity index (χ3v) is 11.0. The highest BCUT2D eigenvalue weighted by Gasteiger charge is 2.19. The summed E-state index contributed by atoms with van der Waals surface area (Å²) in [4.78, 5) is 38.0. The summed E-state index contributed by atoms with van der Waals surface area (Å²) in [7, 11) is 0. The molecule has 6 heteroatoms. The molecule has 0 aromatic carbocycles. The quantitative estimate of drug-likeness (QED) is 0.0262. The van der Waals surface area contributed by atoms with Crippen molar-refractivity contribution in [2.75, 3.05) is 13.2 Å². The topological polar surface area (TPSA) is 78.9 Å². The molecule has 0 N–H and O–H groups in total. The summed E-state index contributed by atoms with van der Waals surface area (Å²) in [6.45, 7) is 6.32. The van der Waals surface area contributed by atoms with Gasteiger partial charge in [0.25, 0.3) is 0 Å². The molecule has 0 fully saturated rings. The second-order valence-electron chi connectivity index (χ2n) is 17.4. The van der Waals surface area contributed by atoms with Gasteiger partial charge in [0.2, 0.25) is 0 Å². The second-order valence-corrected chi connectivity index (χ2v) is 17.4. The first kappa shape index (κ1) is 62.1. The SMILES string of the molecule is CC/C=C\C/C=C\C/C=C\C/C=C\C/C=C\CCCC(=O)OC(COC(=O)CCCCCCC/C=C\CCCCC)COC(=O)CCCCCCCCCCC/C=C\C/C=C\C/C=C\CC. The van der Waals surface area contributed by atoms with Gasteiger partial charge in [-0.3, -0.25) is 14.4 Å². The lowest BCUT2D eigenvalue weighted by Gasteiger charge is -2.18. The zero-order chi connectivity index (χ0) is 47.9. The molecule has 0 heterocycles. The Morgan fingerprint density at radius 3 is 0.985 bits per heavy atom. The first-order valence-electron chi connectivity index (χ1n) is 26.9. The molecule has 1 unspecified atom stereocenters. The van der Waals surface area contributed by atoms with Crippen molar-refractivity contribution in [1.29, 1.82) is 0 Å². The summed E-state index contributed by atoms with van der Waals surface area (Å²) in [6, 6.07) is 0. The Labute approximate surface area is 406 Å². The summed E-state index contributed by atoms with van der Waals surface area (Å²) in [5.74, 6) is -0.984. The van der Waals surface area contributed by atoms with E-state index in [1.54, 1.807) is 0 Å². The van der Waals surface area contributed by atoms with Crippen LogP contribution in [0.4, 0.5) is 0 Å². The molecule has 66 heavy (non-hydrogen) atoms. The third kappa shape index (κ3) is 51.1. The molecular formula is C60H98O6. The van der Waals surface area contributed by atoms with Gasteiger partial charge < -0.3 is 14.2 Å². The van der Waals surface area contributed by atoms with Crippen LogP contribution in [-0.2, 0) is 28.6 Å². The van der Waals surface area contributed by atoms with E-state index in [-0.39, 0.29) is 37.5 Å². The van der Waals surface area contributed by atoms with Gasteiger partial charge in [-0.2, -0.15) is 0 Å². The Kier molecular flexibility index (Phi) is 50.5. The predicted octanol–water partition coefficient (Wildman–Crippen LogP) is 17.9. The van der Waals surface area contributed by atoms with Crippen molar-refractivity contribution in [1.82, 2.24) is 0 Å². The van der Waals surface area contributed by atoms with Crippen LogP contribution in [0.1, 0.15) is 233 Å². The van der Waals surface area contributed by atoms with Gasteiger partial charge in [0.05, 0.1) is 0 Å². The van der Waals surface area contributed by atoms with E-state index in [1.807, 2.05) is 0 Å². The second kappa shape index (κ2) is 53.7. The fourth-order valence-corrected chi connectivity index (χ4v) is 7.02. The summed E-state index contributed by atoms with van der Waals surface area (Å²) in [5.41, 5.74) is 0. The smallest absolute Gasteiger partial charge is 0.306 e. The van der Waals surface area contributed by atoms with Crippen molar-refractivity contribution in [2.24, 2.45) is 0 Å². The van der Waals surface area contributed by atoms with Crippen molar-refractivity contribution < 1.29 is 28.6 Å². The van der Waals surface area contributed by atoms with Crippen LogP contribution in [0, 0.1) is 0 Å². The lowest BCUT2D eigenvalue weighted by atomic mass is 10.1. The van der Waals surface area contributed by atoms with E-state index in [9.17, 15) is 14.4 Å². The van der Waals surface area contributed by atoms with Gasteiger partial charge in [-0.05, 0) is 116 Å². The van der Waals surface area contributed by atoms with Crippen LogP contribution in [0.25, 0.3) is 0 Å². The van der Waals surface area contributed by atoms with E-state index in [4.69, 9.17) is 14.2 Å². The fourth-order valence-electron chi connectivity index (χ4n) is 7.02. The summed E-state index contributed by atoms with van der Waals surface area (Å²) in [5, 5.41) is 0. The highest BCUT2D eigenvalue weighted by molar-refractivity contribution is 5.71. The van der Waals surface area contributed by atoms with E-state index in [2.05, 4.69) is 130 Å². The van der Waals surface area contributed by atoms with Crippen LogP contribution in [0.2, 0.25) is 0 Å². The maximum absolute atomic E-state index is 12.8. The monoisotopic (exact) mass is 915 g/mol. The number of hydrogen-bond donors (Lipinski definition) is 0. The highest BCUT2D eigenvalue weighted by atomic mass is 16.6. The van der Waals surface area contributed by atoms with Crippen molar-refractivity contribution in [3.8, 4) is 0 Å². The average molecular weight is 915 g/mol. The molecule has 0 rings (SSSR count). The Hall–Kier alpha value is -3.93. The number of esters is 3. The lowest BCUT2D eigenvalue weighted by molar-refractivity contribution is -0.167. The average Bonchev–Trinajstić information content (AvgIpc) is 3.31. The number of carbonyl (C=O) groups is 3. The molecule has 0 aromatic heterocycles. The zero-order valence-corrected chi connectivity index (χ0v) is 42.7. The van der Waals surface area contributed by atoms with Gasteiger partial charge in [-0.15, -0.1) is 0 Å². The van der Waals surface area contributed by atoms with Crippen molar-refractivity contribution in [2.45, 2.75) is 239 Å². The van der Waals surface area contributed by atoms with Crippen LogP contribution < -0.4 is 0 Å². The molecule has 0 aliphatic rings. The van der Waals surface area contributed by atoms with Crippen LogP contribution in [-0.4, -0.2) is 37.2 Å². The van der Waals surface area contributed by atoms with E-state index in [1.165, 1.54) is 77.0 Å². The Morgan fingerprint density at radius 2 is 0.606 bits per heavy atom. The molecule has 0 saturated carbocycles. The summed E-state index contributed by atoms with van der Waals surface area (Å²) in [6.07, 6.45) is 72.2. The van der Waals surface area contributed by atoms with Crippen LogP contribution >= 0.6 is 0 Å². The minimum atomic E-state index is -0.815. The molecule has 1 atom stereocenters. The van der Waals surface area contributed by atoms with E-state index in [0.29, 0.717) is 19.3 Å². The van der Waals surface area contributed by atoms with Crippen molar-refractivity contribution >= 4 is 17.9 Å². The minimum Gasteiger partial charge on any atom is -0.462 e. The molecule has 0 saturated heterocycles. The lowest BCUT2D eigenvalue weighted by Crippen LogP contribution is -2.30. The van der Waals surface area contributed by atoms with Crippen LogP contribution in [0.15, 0.2) is 109 Å². The normalized spacial score (nSPS) is 13.0. The van der Waals surface area contributed by atoms with Crippen molar-refractivity contribution in [3.05, 3.63) is 109 Å². The van der Waals surface area contributed by atoms with E-state index >= 15 is 0 Å². The molecule has 374 valence electrons. The van der Waals surface area contributed by atoms with Gasteiger partial charge in [-0.1, -0.05) is 207 Å². The van der Waals surface area contributed by atoms with E-state index < -0.39 is 6.10 Å². The minimum absolute atomic E-state index is 0.108. The van der Waals surface area contributed by atoms with Gasteiger partial charge in [0, 0.05) is 19.3 Å². The standard InChI is InChI=1S/C60H98O6/c1-4-7-10-13-16-19-22-25-27-29-30-32-33-35-38-41-44-47-50-53-59(62)65-56-57(55-64-58(61)52-49-46-43-40-37-24-21-18-15-12-9-6-3)66-60(63)54-51-48-45-42-39-36-34-31-28-26-23-20-17-14-11-8-5-2/h7-8,10-11,16-21,25-28,34,36,42,45,57H,4-6,9,12-15,22-24,29-33,35,37-41,43-44,46-56H2,1-3H3/b10-7-,11-8-,19-16-,20-17-,21-18-,27-25-,28-26-,36-34-,45-42-. The molecular weight excluding hydrogens is 817 g/mol. The Bertz CT molecular complexity index is 1370. The number of allylic oxidation sites excluding steroid dienone is 18. The molecule has 0 aromatic rings. The maximum atomic E-state index is 12.8. The maximum Gasteiger partial charge on any atom is 0.306 e. The molecule has 0 aliphatic carbocycles. The number of hydrogen-bond acceptors (Lipinski definition) is 6. The summed E-state index contributed by atoms with van der Waals surface area (Å²) >= 11 is 0. The largest absolute Gasteiger partial charge is 0.462 e. The van der Waals surface area contributed by atoms with Gasteiger partial charge in [0.1, 0.15) is 13.2 Å². The number of ether oxygens (including phenoxy) is 3. The Balaban J connectivity index is 4.47. The van der Waals surface area contributed by atoms with Gasteiger partial charge >= 0.3 is 17.9 Å². The Morgan fingerprint density at radius 1 is 0.318 bits per heavy atom. The first-order valence-corrected chi connectivity index (χ1v) is 26.9. The molecule has 0 amide bonds. The molecule has 6 nitrogen and oxygen atoms in total. The molecule has 0 bridgehead atoms. The molecule has 0 radical (unpaired) electrons. The number of unbranched alkanes of at least 4 members (excludes halogenated alkanes) is 18. The van der Waals surface area contributed by atoms with Crippen LogP contribution in [0.3, 0.4) is 0 Å². The molecule has 0 spiro atoms. The van der Waals surface area contributed by atoms with Crippen molar-refractivity contribution in [3.63, 3.8) is 0 Å². The number of carbonyl (C=O) groups excluding carboxylic acids is 3. The highest BCUT2D eigenvalue weighted by Crippen LogP contribution is 2.14. The first-order chi connectivity index (χ1) is 32.5. The molecule has 0 aliphatic heterocycles. The van der Waals surface area contributed by atoms with Gasteiger partial charge in [-0.25, -0.2) is 0 Å². The fraction of sp³-hybridized carbons (Fsp3) is 0.650.